The summed E-state index contributed by atoms with van der Waals surface area (Å²) in [6.45, 7) is 0.258. The minimum atomic E-state index is -1.05. The molecule has 2 aromatic rings. The lowest BCUT2D eigenvalue weighted by atomic mass is 9.94. The van der Waals surface area contributed by atoms with E-state index < -0.39 is 18.2 Å². The molecular weight excluding hydrogens is 444 g/mol. The summed E-state index contributed by atoms with van der Waals surface area (Å²) in [5.74, 6) is 2.25. The summed E-state index contributed by atoms with van der Waals surface area (Å²) in [7, 11) is 0. The normalized spacial score (nSPS) is 18.5. The van der Waals surface area contributed by atoms with Gasteiger partial charge in [0.1, 0.15) is 6.04 Å². The van der Waals surface area contributed by atoms with Gasteiger partial charge in [-0.25, -0.2) is 4.79 Å². The molecule has 1 aliphatic heterocycles. The number of ketones is 1. The van der Waals surface area contributed by atoms with E-state index in [4.69, 9.17) is 22.8 Å². The maximum absolute atomic E-state index is 12.6. The lowest BCUT2D eigenvalue weighted by molar-refractivity contribution is -0.126. The Balaban J connectivity index is 1.87. The van der Waals surface area contributed by atoms with Crippen molar-refractivity contribution in [2.75, 3.05) is 11.9 Å². The third-order valence-corrected chi connectivity index (χ3v) is 5.15. The van der Waals surface area contributed by atoms with Crippen molar-refractivity contribution < 1.29 is 14.3 Å². The van der Waals surface area contributed by atoms with Gasteiger partial charge in [0, 0.05) is 27.5 Å². The topological polar surface area (TPSA) is 58.6 Å². The SMILES string of the molecule is C#CCN1C=CC(=O)[C@@H](OC(=O)Nc2ccc(Cl)cc2)[C@H]1c1ccccc1Br. The first-order valence-corrected chi connectivity index (χ1v) is 9.55. The lowest BCUT2D eigenvalue weighted by Crippen LogP contribution is -2.44. The number of rotatable bonds is 4. The van der Waals surface area contributed by atoms with Crippen LogP contribution in [0.1, 0.15) is 11.6 Å². The first-order chi connectivity index (χ1) is 13.5. The van der Waals surface area contributed by atoms with Crippen LogP contribution < -0.4 is 5.32 Å². The van der Waals surface area contributed by atoms with Crippen molar-refractivity contribution in [1.29, 1.82) is 0 Å². The molecule has 0 bridgehead atoms. The van der Waals surface area contributed by atoms with Gasteiger partial charge in [0.05, 0.1) is 6.54 Å². The number of terminal acetylenes is 1. The molecule has 2 atom stereocenters. The molecule has 2 aromatic carbocycles. The lowest BCUT2D eigenvalue weighted by Gasteiger charge is -2.37. The highest BCUT2D eigenvalue weighted by Crippen LogP contribution is 2.35. The average molecular weight is 460 g/mol. The molecule has 142 valence electrons. The van der Waals surface area contributed by atoms with E-state index in [0.717, 1.165) is 10.0 Å². The molecule has 0 radical (unpaired) electrons. The fraction of sp³-hybridized carbons (Fsp3) is 0.143. The number of benzene rings is 2. The Morgan fingerprint density at radius 1 is 1.25 bits per heavy atom. The van der Waals surface area contributed by atoms with Gasteiger partial charge >= 0.3 is 6.09 Å². The number of carbonyl (C=O) groups is 2. The Labute approximate surface area is 176 Å². The van der Waals surface area contributed by atoms with Gasteiger partial charge < -0.3 is 9.64 Å². The van der Waals surface area contributed by atoms with Gasteiger partial charge in [0.25, 0.3) is 0 Å². The molecule has 0 aliphatic carbocycles. The number of hydrogen-bond donors (Lipinski definition) is 1. The molecule has 0 saturated carbocycles. The van der Waals surface area contributed by atoms with E-state index in [1.807, 2.05) is 24.3 Å². The monoisotopic (exact) mass is 458 g/mol. The second-order valence-corrected chi connectivity index (χ2v) is 7.31. The predicted molar refractivity (Wildman–Crippen MR) is 112 cm³/mol. The number of amides is 1. The standard InChI is InChI=1S/C21H16BrClN2O3/c1-2-12-25-13-11-18(26)20(19(25)16-5-3-4-6-17(16)22)28-21(27)24-15-9-7-14(23)8-10-15/h1,3-11,13,19-20H,12H2,(H,24,27)/t19-,20-/m1/s1. The molecule has 0 spiro atoms. The molecule has 0 saturated heterocycles. The van der Waals surface area contributed by atoms with E-state index >= 15 is 0 Å². The van der Waals surface area contributed by atoms with Crippen molar-refractivity contribution in [3.8, 4) is 12.3 Å². The summed E-state index contributed by atoms with van der Waals surface area (Å²) in [4.78, 5) is 26.8. The van der Waals surface area contributed by atoms with Crippen LogP contribution in [0.3, 0.4) is 0 Å². The van der Waals surface area contributed by atoms with Crippen LogP contribution >= 0.6 is 27.5 Å². The van der Waals surface area contributed by atoms with Crippen LogP contribution in [0.25, 0.3) is 0 Å². The van der Waals surface area contributed by atoms with Crippen molar-refractivity contribution in [3.05, 3.63) is 75.9 Å². The predicted octanol–water partition coefficient (Wildman–Crippen LogP) is 4.79. The largest absolute Gasteiger partial charge is 0.435 e. The average Bonchev–Trinajstić information content (AvgIpc) is 2.67. The van der Waals surface area contributed by atoms with Gasteiger partial charge in [0.2, 0.25) is 0 Å². The van der Waals surface area contributed by atoms with E-state index in [2.05, 4.69) is 27.2 Å². The third kappa shape index (κ3) is 4.56. The van der Waals surface area contributed by atoms with Gasteiger partial charge in [-0.15, -0.1) is 6.42 Å². The quantitative estimate of drug-likeness (QED) is 0.668. The summed E-state index contributed by atoms with van der Waals surface area (Å²) in [6, 6.07) is 13.4. The molecule has 3 rings (SSSR count). The highest BCUT2D eigenvalue weighted by Gasteiger charge is 2.38. The van der Waals surface area contributed by atoms with Crippen LogP contribution in [-0.2, 0) is 9.53 Å². The van der Waals surface area contributed by atoms with Crippen LogP contribution in [0.15, 0.2) is 65.3 Å². The fourth-order valence-electron chi connectivity index (χ4n) is 2.92. The number of ether oxygens (including phenoxy) is 1. The van der Waals surface area contributed by atoms with E-state index in [9.17, 15) is 9.59 Å². The highest BCUT2D eigenvalue weighted by atomic mass is 79.9. The Hall–Kier alpha value is -2.75. The number of carbonyl (C=O) groups excluding carboxylic acids is 2. The summed E-state index contributed by atoms with van der Waals surface area (Å²) >= 11 is 9.35. The van der Waals surface area contributed by atoms with E-state index in [-0.39, 0.29) is 12.3 Å². The summed E-state index contributed by atoms with van der Waals surface area (Å²) in [5.41, 5.74) is 1.30. The zero-order valence-corrected chi connectivity index (χ0v) is 17.0. The Bertz CT molecular complexity index is 953. The molecule has 1 heterocycles. The van der Waals surface area contributed by atoms with E-state index in [0.29, 0.717) is 10.7 Å². The maximum Gasteiger partial charge on any atom is 0.412 e. The molecule has 28 heavy (non-hydrogen) atoms. The molecule has 1 N–H and O–H groups in total. The van der Waals surface area contributed by atoms with Crippen molar-refractivity contribution in [2.24, 2.45) is 0 Å². The van der Waals surface area contributed by atoms with Crippen molar-refractivity contribution >= 4 is 45.1 Å². The van der Waals surface area contributed by atoms with Crippen molar-refractivity contribution in [3.63, 3.8) is 0 Å². The van der Waals surface area contributed by atoms with Crippen LogP contribution in [0.5, 0.6) is 0 Å². The Kier molecular flexibility index (Phi) is 6.40. The van der Waals surface area contributed by atoms with Gasteiger partial charge in [-0.3, -0.25) is 10.1 Å². The van der Waals surface area contributed by atoms with Gasteiger partial charge in [-0.05, 0) is 35.9 Å². The fourth-order valence-corrected chi connectivity index (χ4v) is 3.56. The minimum Gasteiger partial charge on any atom is -0.435 e. The molecule has 0 fully saturated rings. The minimum absolute atomic E-state index is 0.258. The van der Waals surface area contributed by atoms with Gasteiger partial charge in [-0.1, -0.05) is 51.7 Å². The number of nitrogens with one attached hydrogen (secondary N) is 1. The van der Waals surface area contributed by atoms with Crippen LogP contribution in [0.2, 0.25) is 5.02 Å². The first-order valence-electron chi connectivity index (χ1n) is 8.38. The number of nitrogens with zero attached hydrogens (tertiary/aromatic N) is 1. The molecule has 1 amide bonds. The molecular formula is C21H16BrClN2O3. The van der Waals surface area contributed by atoms with Crippen molar-refractivity contribution in [2.45, 2.75) is 12.1 Å². The maximum atomic E-state index is 12.6. The zero-order chi connectivity index (χ0) is 20.1. The second kappa shape index (κ2) is 8.96. The Morgan fingerprint density at radius 3 is 2.64 bits per heavy atom. The Morgan fingerprint density at radius 2 is 1.96 bits per heavy atom. The van der Waals surface area contributed by atoms with Crippen LogP contribution in [0.4, 0.5) is 10.5 Å². The van der Waals surface area contributed by atoms with Gasteiger partial charge in [0.15, 0.2) is 11.9 Å². The van der Waals surface area contributed by atoms with Crippen LogP contribution in [0, 0.1) is 12.3 Å². The molecule has 5 nitrogen and oxygen atoms in total. The van der Waals surface area contributed by atoms with E-state index in [1.54, 1.807) is 35.4 Å². The highest BCUT2D eigenvalue weighted by molar-refractivity contribution is 9.10. The van der Waals surface area contributed by atoms with Gasteiger partial charge in [-0.2, -0.15) is 0 Å². The number of anilines is 1. The number of halogens is 2. The van der Waals surface area contributed by atoms with E-state index in [1.165, 1.54) is 6.08 Å². The number of hydrogen-bond acceptors (Lipinski definition) is 4. The molecule has 7 heteroatoms. The second-order valence-electron chi connectivity index (χ2n) is 6.02. The molecule has 0 unspecified atom stereocenters. The summed E-state index contributed by atoms with van der Waals surface area (Å²) in [5, 5.41) is 3.15. The molecule has 0 aromatic heterocycles. The van der Waals surface area contributed by atoms with Crippen LogP contribution in [-0.4, -0.2) is 29.4 Å². The zero-order valence-electron chi connectivity index (χ0n) is 14.6. The van der Waals surface area contributed by atoms with Crippen molar-refractivity contribution in [1.82, 2.24) is 4.90 Å². The summed E-state index contributed by atoms with van der Waals surface area (Å²) in [6.07, 6.45) is 6.68. The molecule has 1 aliphatic rings. The summed E-state index contributed by atoms with van der Waals surface area (Å²) < 4.78 is 6.31. The first kappa shape index (κ1) is 20.0. The smallest absolute Gasteiger partial charge is 0.412 e. The third-order valence-electron chi connectivity index (χ3n) is 4.18.